The van der Waals surface area contributed by atoms with Gasteiger partial charge in [-0.2, -0.15) is 0 Å². The summed E-state index contributed by atoms with van der Waals surface area (Å²) in [6.07, 6.45) is 0.402. The molecule has 0 amide bonds. The monoisotopic (exact) mass is 365 g/mol. The van der Waals surface area contributed by atoms with Crippen LogP contribution >= 0.6 is 6.72 Å². The molecule has 23 heavy (non-hydrogen) atoms. The van der Waals surface area contributed by atoms with Crippen molar-refractivity contribution in [2.45, 2.75) is 71.6 Å². The van der Waals surface area contributed by atoms with Crippen molar-refractivity contribution in [3.63, 3.8) is 0 Å². The maximum atomic E-state index is 6.83. The van der Waals surface area contributed by atoms with E-state index in [1.165, 1.54) is 0 Å². The highest BCUT2D eigenvalue weighted by Gasteiger charge is 2.39. The quantitative estimate of drug-likeness (QED) is 0.335. The molecule has 134 valence electrons. The molecule has 1 fully saturated rings. The standard InChI is InChI=1S/C15H28NO5PS/c1-11(2)17-10-15-14(9-13(5)19-15)21-22(23,20-12(3)4)18-8-7-16-6/h11-15H,7-10H2,1-5H3/t13-,14?,15+,22?/m0/s1. The Morgan fingerprint density at radius 2 is 2.00 bits per heavy atom. The van der Waals surface area contributed by atoms with Gasteiger partial charge in [0, 0.05) is 6.42 Å². The van der Waals surface area contributed by atoms with Gasteiger partial charge < -0.3 is 27.9 Å². The molecule has 1 heterocycles. The fourth-order valence-corrected chi connectivity index (χ4v) is 4.79. The molecule has 0 bridgehead atoms. The first-order chi connectivity index (χ1) is 10.8. The van der Waals surface area contributed by atoms with E-state index in [-0.39, 0.29) is 43.7 Å². The van der Waals surface area contributed by atoms with Crippen LogP contribution in [0.25, 0.3) is 4.85 Å². The molecule has 1 aliphatic rings. The highest BCUT2D eigenvalue weighted by molar-refractivity contribution is 8.07. The van der Waals surface area contributed by atoms with E-state index in [4.69, 9.17) is 41.4 Å². The normalized spacial score (nSPS) is 27.3. The average molecular weight is 365 g/mol. The summed E-state index contributed by atoms with van der Waals surface area (Å²) < 4.78 is 28.9. The summed E-state index contributed by atoms with van der Waals surface area (Å²) in [5, 5.41) is 0. The smallest absolute Gasteiger partial charge is 0.328 e. The third-order valence-electron chi connectivity index (χ3n) is 3.04. The van der Waals surface area contributed by atoms with Gasteiger partial charge in [-0.05, 0) is 46.4 Å². The highest BCUT2D eigenvalue weighted by Crippen LogP contribution is 2.53. The molecular formula is C15H28NO5PS. The first kappa shape index (κ1) is 21.0. The second-order valence-corrected chi connectivity index (χ2v) is 8.98. The van der Waals surface area contributed by atoms with Crippen LogP contribution in [0.3, 0.4) is 0 Å². The summed E-state index contributed by atoms with van der Waals surface area (Å²) in [4.78, 5) is 3.27. The third kappa shape index (κ3) is 8.04. The van der Waals surface area contributed by atoms with Crippen molar-refractivity contribution in [2.75, 3.05) is 19.8 Å². The van der Waals surface area contributed by atoms with Gasteiger partial charge >= 0.3 is 6.72 Å². The lowest BCUT2D eigenvalue weighted by Crippen LogP contribution is -2.30. The Hall–Kier alpha value is -0.0600. The van der Waals surface area contributed by atoms with Gasteiger partial charge in [-0.25, -0.2) is 6.57 Å². The van der Waals surface area contributed by atoms with Crippen molar-refractivity contribution in [1.29, 1.82) is 0 Å². The number of hydrogen-bond acceptors (Lipinski definition) is 6. The molecule has 6 nitrogen and oxygen atoms in total. The van der Waals surface area contributed by atoms with Crippen molar-refractivity contribution in [2.24, 2.45) is 0 Å². The van der Waals surface area contributed by atoms with Gasteiger partial charge in [0.25, 0.3) is 0 Å². The van der Waals surface area contributed by atoms with Gasteiger partial charge in [-0.1, -0.05) is 0 Å². The van der Waals surface area contributed by atoms with Crippen molar-refractivity contribution in [3.8, 4) is 0 Å². The molecule has 1 saturated heterocycles. The molecular weight excluding hydrogens is 337 g/mol. The third-order valence-corrected chi connectivity index (χ3v) is 5.58. The van der Waals surface area contributed by atoms with Crippen molar-refractivity contribution in [1.82, 2.24) is 0 Å². The minimum Gasteiger partial charge on any atom is -0.376 e. The van der Waals surface area contributed by atoms with Crippen LogP contribution in [0.5, 0.6) is 0 Å². The van der Waals surface area contributed by atoms with E-state index in [1.807, 2.05) is 34.6 Å². The maximum Gasteiger partial charge on any atom is 0.328 e. The molecule has 2 unspecified atom stereocenters. The Morgan fingerprint density at radius 1 is 1.30 bits per heavy atom. The van der Waals surface area contributed by atoms with Crippen LogP contribution in [0.4, 0.5) is 0 Å². The number of rotatable bonds is 10. The van der Waals surface area contributed by atoms with Gasteiger partial charge in [0.2, 0.25) is 6.54 Å². The minimum absolute atomic E-state index is 0.0755. The largest absolute Gasteiger partial charge is 0.376 e. The first-order valence-corrected chi connectivity index (χ1v) is 10.5. The van der Waals surface area contributed by atoms with Crippen LogP contribution < -0.4 is 0 Å². The lowest BCUT2D eigenvalue weighted by Gasteiger charge is -2.28. The number of hydrogen-bond donors (Lipinski definition) is 0. The second-order valence-electron chi connectivity index (χ2n) is 6.06. The number of nitrogens with zero attached hydrogens (tertiary/aromatic N) is 1. The fraction of sp³-hybridized carbons (Fsp3) is 0.933. The Kier molecular flexibility index (Phi) is 9.17. The predicted octanol–water partition coefficient (Wildman–Crippen LogP) is 3.56. The van der Waals surface area contributed by atoms with Crippen LogP contribution in [0.1, 0.15) is 41.0 Å². The minimum atomic E-state index is -2.91. The molecule has 0 aromatic rings. The van der Waals surface area contributed by atoms with Gasteiger partial charge in [0.15, 0.2) is 0 Å². The van der Waals surface area contributed by atoms with E-state index >= 15 is 0 Å². The van der Waals surface area contributed by atoms with E-state index in [0.717, 1.165) is 6.42 Å². The Bertz CT molecular complexity index is 440. The van der Waals surface area contributed by atoms with Gasteiger partial charge in [0.05, 0.1) is 31.0 Å². The molecule has 0 spiro atoms. The van der Waals surface area contributed by atoms with Crippen molar-refractivity contribution >= 4 is 18.5 Å². The molecule has 1 rings (SSSR count). The topological polar surface area (TPSA) is 50.5 Å². The van der Waals surface area contributed by atoms with Crippen LogP contribution in [-0.2, 0) is 34.9 Å². The second kappa shape index (κ2) is 10.0. The fourth-order valence-electron chi connectivity index (χ4n) is 2.17. The van der Waals surface area contributed by atoms with Crippen LogP contribution in [0.15, 0.2) is 0 Å². The van der Waals surface area contributed by atoms with E-state index in [2.05, 4.69) is 4.85 Å². The molecule has 0 aliphatic carbocycles. The first-order valence-electron chi connectivity index (χ1n) is 7.97. The van der Waals surface area contributed by atoms with E-state index in [1.54, 1.807) is 0 Å². The summed E-state index contributed by atoms with van der Waals surface area (Å²) in [5.41, 5.74) is 0. The summed E-state index contributed by atoms with van der Waals surface area (Å²) in [7, 11) is 0. The van der Waals surface area contributed by atoms with E-state index in [0.29, 0.717) is 6.61 Å². The highest BCUT2D eigenvalue weighted by atomic mass is 32.5. The van der Waals surface area contributed by atoms with E-state index in [9.17, 15) is 0 Å². The zero-order valence-electron chi connectivity index (χ0n) is 14.6. The SMILES string of the molecule is [C-]#[N+]CCOP(=S)(OC(C)C)OC1C[C@H](C)O[C@@H]1COC(C)C. The van der Waals surface area contributed by atoms with Crippen molar-refractivity contribution < 1.29 is 23.0 Å². The number of ether oxygens (including phenoxy) is 2. The average Bonchev–Trinajstić information content (AvgIpc) is 2.75. The van der Waals surface area contributed by atoms with E-state index < -0.39 is 6.72 Å². The summed E-state index contributed by atoms with van der Waals surface area (Å²) >= 11 is 5.50. The molecule has 1 aliphatic heterocycles. The lowest BCUT2D eigenvalue weighted by molar-refractivity contribution is -0.0544. The van der Waals surface area contributed by atoms with Crippen LogP contribution in [0.2, 0.25) is 0 Å². The van der Waals surface area contributed by atoms with Gasteiger partial charge in [-0.15, -0.1) is 0 Å². The molecule has 0 aromatic heterocycles. The summed E-state index contributed by atoms with van der Waals surface area (Å²) in [6.45, 7) is 14.6. The predicted molar refractivity (Wildman–Crippen MR) is 92.8 cm³/mol. The maximum absolute atomic E-state index is 6.83. The molecule has 0 saturated carbocycles. The Balaban J connectivity index is 2.71. The zero-order valence-corrected chi connectivity index (χ0v) is 16.3. The van der Waals surface area contributed by atoms with Gasteiger partial charge in [-0.3, -0.25) is 0 Å². The zero-order chi connectivity index (χ0) is 17.5. The summed E-state index contributed by atoms with van der Waals surface area (Å²) in [6, 6.07) is 0. The molecule has 0 N–H and O–H groups in total. The summed E-state index contributed by atoms with van der Waals surface area (Å²) in [5.74, 6) is 0. The molecule has 4 atom stereocenters. The van der Waals surface area contributed by atoms with Crippen molar-refractivity contribution in [3.05, 3.63) is 11.4 Å². The van der Waals surface area contributed by atoms with Gasteiger partial charge in [0.1, 0.15) is 12.7 Å². The molecule has 0 radical (unpaired) electrons. The van der Waals surface area contributed by atoms with Crippen LogP contribution in [0, 0.1) is 6.57 Å². The molecule has 0 aromatic carbocycles. The lowest BCUT2D eigenvalue weighted by atomic mass is 10.1. The Labute approximate surface area is 144 Å². The Morgan fingerprint density at radius 3 is 2.57 bits per heavy atom. The molecule has 8 heteroatoms. The van der Waals surface area contributed by atoms with Crippen LogP contribution in [-0.4, -0.2) is 50.3 Å².